The average Bonchev–Trinajstić information content (AvgIpc) is 2.53. The van der Waals surface area contributed by atoms with E-state index < -0.39 is 16.1 Å². The topological polar surface area (TPSA) is 86.7 Å². The van der Waals surface area contributed by atoms with Gasteiger partial charge in [0.2, 0.25) is 5.91 Å². The highest BCUT2D eigenvalue weighted by Crippen LogP contribution is 2.24. The number of aliphatic hydroxyl groups is 1. The highest BCUT2D eigenvalue weighted by Gasteiger charge is 2.26. The van der Waals surface area contributed by atoms with Gasteiger partial charge in [-0.2, -0.15) is 0 Å². The summed E-state index contributed by atoms with van der Waals surface area (Å²) in [5, 5.41) is 12.3. The summed E-state index contributed by atoms with van der Waals surface area (Å²) in [6.45, 7) is 2.86. The third kappa shape index (κ3) is 4.33. The van der Waals surface area contributed by atoms with Crippen molar-refractivity contribution in [1.29, 1.82) is 0 Å². The maximum atomic E-state index is 12.9. The first-order valence-electron chi connectivity index (χ1n) is 7.44. The van der Waals surface area contributed by atoms with Gasteiger partial charge >= 0.3 is 0 Å². The molecule has 0 spiro atoms. The third-order valence-electron chi connectivity index (χ3n) is 3.24. The Bertz CT molecular complexity index is 787. The molecule has 2 aromatic rings. The minimum Gasteiger partial charge on any atom is -0.392 e. The molecule has 0 saturated carbocycles. The normalized spacial score (nSPS) is 12.5. The minimum absolute atomic E-state index is 0.0558. The Hall–Kier alpha value is -2.38. The molecule has 0 aliphatic rings. The number of benzene rings is 2. The van der Waals surface area contributed by atoms with Gasteiger partial charge in [0.15, 0.2) is 0 Å². The number of carbonyl (C=O) groups is 1. The molecule has 24 heavy (non-hydrogen) atoms. The Morgan fingerprint density at radius 2 is 1.71 bits per heavy atom. The number of carbonyl (C=O) groups excluding carboxylic acids is 1. The van der Waals surface area contributed by atoms with E-state index in [0.29, 0.717) is 11.4 Å². The molecule has 0 aromatic heterocycles. The molecule has 0 fully saturated rings. The van der Waals surface area contributed by atoms with Crippen LogP contribution in [0.15, 0.2) is 59.5 Å². The van der Waals surface area contributed by atoms with Crippen LogP contribution in [0.5, 0.6) is 0 Å². The molecular weight excluding hydrogens is 328 g/mol. The van der Waals surface area contributed by atoms with Crippen molar-refractivity contribution >= 4 is 27.3 Å². The molecule has 0 aliphatic heterocycles. The van der Waals surface area contributed by atoms with Crippen molar-refractivity contribution in [2.45, 2.75) is 24.8 Å². The van der Waals surface area contributed by atoms with Crippen molar-refractivity contribution < 1.29 is 18.3 Å². The van der Waals surface area contributed by atoms with Crippen LogP contribution in [-0.2, 0) is 14.8 Å². The van der Waals surface area contributed by atoms with Crippen LogP contribution in [0.1, 0.15) is 13.8 Å². The molecule has 7 heteroatoms. The van der Waals surface area contributed by atoms with Gasteiger partial charge in [0.1, 0.15) is 0 Å². The predicted molar refractivity (Wildman–Crippen MR) is 93.4 cm³/mol. The summed E-state index contributed by atoms with van der Waals surface area (Å²) in [7, 11) is -3.83. The molecule has 1 unspecified atom stereocenters. The lowest BCUT2D eigenvalue weighted by molar-refractivity contribution is -0.114. The van der Waals surface area contributed by atoms with E-state index in [0.717, 1.165) is 0 Å². The lowest BCUT2D eigenvalue weighted by Crippen LogP contribution is -2.36. The molecule has 2 rings (SSSR count). The van der Waals surface area contributed by atoms with Crippen LogP contribution in [0.4, 0.5) is 11.4 Å². The Balaban J connectivity index is 2.39. The lowest BCUT2D eigenvalue weighted by atomic mass is 10.3. The Kier molecular flexibility index (Phi) is 5.58. The fourth-order valence-corrected chi connectivity index (χ4v) is 3.76. The molecule has 1 amide bonds. The highest BCUT2D eigenvalue weighted by atomic mass is 32.2. The van der Waals surface area contributed by atoms with Gasteiger partial charge in [-0.05, 0) is 43.3 Å². The number of para-hydroxylation sites is 1. The number of hydrogen-bond acceptors (Lipinski definition) is 4. The summed E-state index contributed by atoms with van der Waals surface area (Å²) in [6.07, 6.45) is -0.821. The average molecular weight is 348 g/mol. The van der Waals surface area contributed by atoms with E-state index in [1.54, 1.807) is 30.3 Å². The minimum atomic E-state index is -3.83. The van der Waals surface area contributed by atoms with Crippen LogP contribution >= 0.6 is 0 Å². The monoisotopic (exact) mass is 348 g/mol. The largest absolute Gasteiger partial charge is 0.392 e. The zero-order valence-corrected chi connectivity index (χ0v) is 14.3. The first kappa shape index (κ1) is 18.0. The number of rotatable bonds is 6. The molecule has 128 valence electrons. The molecule has 2 N–H and O–H groups in total. The van der Waals surface area contributed by atoms with Gasteiger partial charge in [0.25, 0.3) is 10.0 Å². The molecule has 0 bridgehead atoms. The van der Waals surface area contributed by atoms with E-state index >= 15 is 0 Å². The van der Waals surface area contributed by atoms with Gasteiger partial charge in [0.05, 0.1) is 23.2 Å². The van der Waals surface area contributed by atoms with Gasteiger partial charge < -0.3 is 10.4 Å². The van der Waals surface area contributed by atoms with E-state index in [1.807, 2.05) is 0 Å². The van der Waals surface area contributed by atoms with Crippen molar-refractivity contribution in [3.63, 3.8) is 0 Å². The van der Waals surface area contributed by atoms with E-state index in [4.69, 9.17) is 0 Å². The van der Waals surface area contributed by atoms with Crippen molar-refractivity contribution in [1.82, 2.24) is 0 Å². The summed E-state index contributed by atoms with van der Waals surface area (Å²) < 4.78 is 27.0. The predicted octanol–water partition coefficient (Wildman–Crippen LogP) is 2.22. The summed E-state index contributed by atoms with van der Waals surface area (Å²) in [6, 6.07) is 14.5. The Morgan fingerprint density at radius 1 is 1.12 bits per heavy atom. The van der Waals surface area contributed by atoms with Crippen molar-refractivity contribution in [3.05, 3.63) is 54.6 Å². The highest BCUT2D eigenvalue weighted by molar-refractivity contribution is 7.92. The van der Waals surface area contributed by atoms with Gasteiger partial charge in [-0.3, -0.25) is 9.10 Å². The fourth-order valence-electron chi connectivity index (χ4n) is 2.22. The fraction of sp³-hybridized carbons (Fsp3) is 0.235. The zero-order valence-electron chi connectivity index (χ0n) is 13.5. The van der Waals surface area contributed by atoms with Gasteiger partial charge in [-0.1, -0.05) is 18.2 Å². The number of anilines is 2. The SMILES string of the molecule is CC(=O)Nc1ccc(S(=O)(=O)N(CC(C)O)c2ccccc2)cc1. The number of hydrogen-bond donors (Lipinski definition) is 2. The molecule has 0 heterocycles. The summed E-state index contributed by atoms with van der Waals surface area (Å²) in [5.74, 6) is -0.231. The Morgan fingerprint density at radius 3 is 2.21 bits per heavy atom. The summed E-state index contributed by atoms with van der Waals surface area (Å²) >= 11 is 0. The lowest BCUT2D eigenvalue weighted by Gasteiger charge is -2.25. The molecule has 0 radical (unpaired) electrons. The molecule has 0 saturated heterocycles. The number of amides is 1. The molecule has 6 nitrogen and oxygen atoms in total. The summed E-state index contributed by atoms with van der Waals surface area (Å²) in [4.78, 5) is 11.1. The van der Waals surface area contributed by atoms with Crippen LogP contribution in [0, 0.1) is 0 Å². The quantitative estimate of drug-likeness (QED) is 0.838. The smallest absolute Gasteiger partial charge is 0.264 e. The van der Waals surface area contributed by atoms with Crippen LogP contribution in [0.25, 0.3) is 0 Å². The Labute approximate surface area is 141 Å². The molecule has 2 aromatic carbocycles. The molecule has 1 atom stereocenters. The van der Waals surface area contributed by atoms with Gasteiger partial charge in [0, 0.05) is 12.6 Å². The third-order valence-corrected chi connectivity index (χ3v) is 5.04. The zero-order chi connectivity index (χ0) is 17.7. The van der Waals surface area contributed by atoms with Crippen LogP contribution in [0.2, 0.25) is 0 Å². The molecular formula is C17H20N2O4S. The van der Waals surface area contributed by atoms with Crippen LogP contribution < -0.4 is 9.62 Å². The van der Waals surface area contributed by atoms with Crippen LogP contribution in [-0.4, -0.2) is 32.1 Å². The van der Waals surface area contributed by atoms with Gasteiger partial charge in [-0.15, -0.1) is 0 Å². The van der Waals surface area contributed by atoms with Crippen molar-refractivity contribution in [3.8, 4) is 0 Å². The number of nitrogens with one attached hydrogen (secondary N) is 1. The van der Waals surface area contributed by atoms with E-state index in [2.05, 4.69) is 5.32 Å². The van der Waals surface area contributed by atoms with E-state index in [9.17, 15) is 18.3 Å². The van der Waals surface area contributed by atoms with E-state index in [-0.39, 0.29) is 17.3 Å². The second-order valence-electron chi connectivity index (χ2n) is 5.43. The number of nitrogens with zero attached hydrogens (tertiary/aromatic N) is 1. The maximum Gasteiger partial charge on any atom is 0.264 e. The second kappa shape index (κ2) is 7.46. The van der Waals surface area contributed by atoms with Crippen molar-refractivity contribution in [2.24, 2.45) is 0 Å². The first-order valence-corrected chi connectivity index (χ1v) is 8.88. The standard InChI is InChI=1S/C17H20N2O4S/c1-13(20)12-19(16-6-4-3-5-7-16)24(22,23)17-10-8-15(9-11-17)18-14(2)21/h3-11,13,20H,12H2,1-2H3,(H,18,21). The van der Waals surface area contributed by atoms with Crippen LogP contribution in [0.3, 0.4) is 0 Å². The first-order chi connectivity index (χ1) is 11.3. The van der Waals surface area contributed by atoms with E-state index in [1.165, 1.54) is 42.4 Å². The maximum absolute atomic E-state index is 12.9. The number of sulfonamides is 1. The second-order valence-corrected chi connectivity index (χ2v) is 7.29. The molecule has 0 aliphatic carbocycles. The summed E-state index contributed by atoms with van der Waals surface area (Å²) in [5.41, 5.74) is 0.993. The number of aliphatic hydroxyl groups excluding tert-OH is 1. The van der Waals surface area contributed by atoms with Gasteiger partial charge in [-0.25, -0.2) is 8.42 Å². The van der Waals surface area contributed by atoms with Crippen molar-refractivity contribution in [2.75, 3.05) is 16.2 Å².